The molecule has 0 aromatic heterocycles. The lowest BCUT2D eigenvalue weighted by atomic mass is 9.82. The molecule has 0 bridgehead atoms. The van der Waals surface area contributed by atoms with Crippen molar-refractivity contribution >= 4 is 15.9 Å². The lowest BCUT2D eigenvalue weighted by Gasteiger charge is -2.33. The molecular weight excluding hydrogens is 335 g/mol. The van der Waals surface area contributed by atoms with Crippen LogP contribution in [0.2, 0.25) is 0 Å². The van der Waals surface area contributed by atoms with E-state index in [0.717, 1.165) is 18.4 Å². The Morgan fingerprint density at radius 3 is 2.67 bits per heavy atom. The lowest BCUT2D eigenvalue weighted by molar-refractivity contribution is -0.0716. The Morgan fingerprint density at radius 1 is 1.33 bits per heavy atom. The molecule has 4 heteroatoms. The fourth-order valence-electron chi connectivity index (χ4n) is 3.25. The molecule has 2 rings (SSSR count). The molecule has 118 valence electrons. The fourth-order valence-corrected chi connectivity index (χ4v) is 3.76. The second kappa shape index (κ2) is 8.25. The van der Waals surface area contributed by atoms with Crippen molar-refractivity contribution in [1.29, 1.82) is 0 Å². The topological polar surface area (TPSA) is 29.5 Å². The third-order valence-corrected chi connectivity index (χ3v) is 5.04. The van der Waals surface area contributed by atoms with Gasteiger partial charge in [0.2, 0.25) is 0 Å². The van der Waals surface area contributed by atoms with E-state index in [1.165, 1.54) is 31.4 Å². The van der Waals surface area contributed by atoms with Gasteiger partial charge in [0.15, 0.2) is 0 Å². The third-order valence-electron chi connectivity index (χ3n) is 4.30. The Kier molecular flexibility index (Phi) is 6.65. The first-order valence-electron chi connectivity index (χ1n) is 7.85. The fraction of sp³-hybridized carbons (Fsp3) is 0.647. The van der Waals surface area contributed by atoms with Crippen LogP contribution >= 0.6 is 15.9 Å². The average molecular weight is 359 g/mol. The summed E-state index contributed by atoms with van der Waals surface area (Å²) in [4.78, 5) is 0. The number of rotatable bonds is 6. The van der Waals surface area contributed by atoms with Gasteiger partial charge in [0.25, 0.3) is 0 Å². The molecule has 1 fully saturated rings. The number of hydrogen-bond acceptors (Lipinski definition) is 2. The summed E-state index contributed by atoms with van der Waals surface area (Å²) in [5, 5.41) is 10.6. The minimum absolute atomic E-state index is 0.118. The molecule has 0 saturated heterocycles. The summed E-state index contributed by atoms with van der Waals surface area (Å²) in [6.07, 6.45) is 5.82. The number of hydrogen-bond donors (Lipinski definition) is 1. The molecule has 1 aliphatic carbocycles. The first kappa shape index (κ1) is 16.9. The summed E-state index contributed by atoms with van der Waals surface area (Å²) in [6.45, 7) is 2.58. The summed E-state index contributed by atoms with van der Waals surface area (Å²) in [7, 11) is 0. The minimum atomic E-state index is -0.546. The van der Waals surface area contributed by atoms with Crippen molar-refractivity contribution in [2.45, 2.75) is 57.7 Å². The van der Waals surface area contributed by atoms with E-state index in [0.29, 0.717) is 23.4 Å². The van der Waals surface area contributed by atoms with Crippen LogP contribution in [0.4, 0.5) is 4.39 Å². The number of benzene rings is 1. The van der Waals surface area contributed by atoms with Crippen LogP contribution in [0.3, 0.4) is 0 Å². The van der Waals surface area contributed by atoms with Gasteiger partial charge in [-0.3, -0.25) is 0 Å². The first-order chi connectivity index (χ1) is 10.1. The maximum Gasteiger partial charge on any atom is 0.124 e. The molecule has 1 aliphatic rings. The molecule has 1 aromatic rings. The average Bonchev–Trinajstić information content (AvgIpc) is 2.48. The Balaban J connectivity index is 2.04. The van der Waals surface area contributed by atoms with Crippen LogP contribution in [0.5, 0.6) is 0 Å². The van der Waals surface area contributed by atoms with E-state index in [-0.39, 0.29) is 11.9 Å². The van der Waals surface area contributed by atoms with Crippen LogP contribution in [-0.2, 0) is 11.2 Å². The largest absolute Gasteiger partial charge is 0.390 e. The zero-order valence-electron chi connectivity index (χ0n) is 12.5. The van der Waals surface area contributed by atoms with Crippen LogP contribution in [-0.4, -0.2) is 23.9 Å². The summed E-state index contributed by atoms with van der Waals surface area (Å²) in [5.41, 5.74) is 0.921. The highest BCUT2D eigenvalue weighted by Crippen LogP contribution is 2.31. The number of halogens is 2. The van der Waals surface area contributed by atoms with E-state index in [1.807, 2.05) is 6.92 Å². The van der Waals surface area contributed by atoms with Gasteiger partial charge < -0.3 is 9.84 Å². The zero-order chi connectivity index (χ0) is 15.2. The van der Waals surface area contributed by atoms with Gasteiger partial charge in [-0.1, -0.05) is 41.3 Å². The molecule has 0 amide bonds. The smallest absolute Gasteiger partial charge is 0.124 e. The van der Waals surface area contributed by atoms with Crippen LogP contribution in [0.25, 0.3) is 0 Å². The standard InChI is InChI=1S/C17H24BrFO2/c1-2-21-17(12-6-4-3-5-7-12)16(20)10-13-8-9-14(19)11-15(13)18/h8-9,11-12,16-17,20H,2-7,10H2,1H3. The van der Waals surface area contributed by atoms with Crippen LogP contribution in [0.1, 0.15) is 44.6 Å². The SMILES string of the molecule is CCOC(C(O)Cc1ccc(F)cc1Br)C1CCCCC1. The van der Waals surface area contributed by atoms with Gasteiger partial charge in [-0.05, 0) is 43.4 Å². The van der Waals surface area contributed by atoms with Crippen molar-refractivity contribution in [3.8, 4) is 0 Å². The predicted molar refractivity (Wildman–Crippen MR) is 85.8 cm³/mol. The molecule has 2 nitrogen and oxygen atoms in total. The molecule has 2 unspecified atom stereocenters. The van der Waals surface area contributed by atoms with Gasteiger partial charge >= 0.3 is 0 Å². The monoisotopic (exact) mass is 358 g/mol. The van der Waals surface area contributed by atoms with E-state index in [9.17, 15) is 9.50 Å². The van der Waals surface area contributed by atoms with Gasteiger partial charge in [-0.25, -0.2) is 4.39 Å². The molecule has 1 aromatic carbocycles. The van der Waals surface area contributed by atoms with Gasteiger partial charge in [0.05, 0.1) is 12.2 Å². The normalized spacial score (nSPS) is 19.4. The lowest BCUT2D eigenvalue weighted by Crippen LogP contribution is -2.38. The van der Waals surface area contributed by atoms with Crippen molar-refractivity contribution in [3.63, 3.8) is 0 Å². The second-order valence-electron chi connectivity index (χ2n) is 5.83. The number of aliphatic hydroxyl groups excluding tert-OH is 1. The summed E-state index contributed by atoms with van der Waals surface area (Å²) >= 11 is 3.37. The molecule has 0 radical (unpaired) electrons. The number of ether oxygens (including phenoxy) is 1. The van der Waals surface area contributed by atoms with Crippen molar-refractivity contribution in [2.75, 3.05) is 6.61 Å². The van der Waals surface area contributed by atoms with Gasteiger partial charge in [-0.15, -0.1) is 0 Å². The molecule has 2 atom stereocenters. The van der Waals surface area contributed by atoms with Crippen molar-refractivity contribution in [3.05, 3.63) is 34.1 Å². The Morgan fingerprint density at radius 2 is 2.05 bits per heavy atom. The maximum absolute atomic E-state index is 13.1. The second-order valence-corrected chi connectivity index (χ2v) is 6.68. The number of aliphatic hydroxyl groups is 1. The highest BCUT2D eigenvalue weighted by Gasteiger charge is 2.30. The third kappa shape index (κ3) is 4.76. The van der Waals surface area contributed by atoms with Crippen molar-refractivity contribution < 1.29 is 14.2 Å². The van der Waals surface area contributed by atoms with E-state index >= 15 is 0 Å². The van der Waals surface area contributed by atoms with E-state index in [2.05, 4.69) is 15.9 Å². The van der Waals surface area contributed by atoms with Gasteiger partial charge in [0.1, 0.15) is 5.82 Å². The zero-order valence-corrected chi connectivity index (χ0v) is 14.1. The molecule has 0 spiro atoms. The van der Waals surface area contributed by atoms with Gasteiger partial charge in [-0.2, -0.15) is 0 Å². The quantitative estimate of drug-likeness (QED) is 0.812. The highest BCUT2D eigenvalue weighted by atomic mass is 79.9. The van der Waals surface area contributed by atoms with Gasteiger partial charge in [0, 0.05) is 17.5 Å². The summed E-state index contributed by atoms with van der Waals surface area (Å²) < 4.78 is 19.7. The molecule has 1 N–H and O–H groups in total. The van der Waals surface area contributed by atoms with E-state index in [1.54, 1.807) is 6.07 Å². The molecule has 0 heterocycles. The van der Waals surface area contributed by atoms with E-state index < -0.39 is 6.10 Å². The Labute approximate surface area is 134 Å². The first-order valence-corrected chi connectivity index (χ1v) is 8.64. The molecule has 1 saturated carbocycles. The van der Waals surface area contributed by atoms with Crippen LogP contribution in [0.15, 0.2) is 22.7 Å². The van der Waals surface area contributed by atoms with Crippen LogP contribution < -0.4 is 0 Å². The van der Waals surface area contributed by atoms with E-state index in [4.69, 9.17) is 4.74 Å². The highest BCUT2D eigenvalue weighted by molar-refractivity contribution is 9.10. The van der Waals surface area contributed by atoms with Crippen LogP contribution in [0, 0.1) is 11.7 Å². The van der Waals surface area contributed by atoms with Crippen molar-refractivity contribution in [2.24, 2.45) is 5.92 Å². The minimum Gasteiger partial charge on any atom is -0.390 e. The summed E-state index contributed by atoms with van der Waals surface area (Å²) in [6, 6.07) is 4.61. The molecule has 21 heavy (non-hydrogen) atoms. The Bertz CT molecular complexity index is 446. The maximum atomic E-state index is 13.1. The Hall–Kier alpha value is -0.450. The van der Waals surface area contributed by atoms with Crippen molar-refractivity contribution in [1.82, 2.24) is 0 Å². The summed E-state index contributed by atoms with van der Waals surface area (Å²) in [5.74, 6) is 0.168. The molecular formula is C17H24BrFO2. The predicted octanol–water partition coefficient (Wildman–Crippen LogP) is 4.48. The molecule has 0 aliphatic heterocycles.